The quantitative estimate of drug-likeness (QED) is 0.304. The summed E-state index contributed by atoms with van der Waals surface area (Å²) in [5, 5.41) is 12.0. The average molecular weight is 637 g/mol. The number of hydrogen-bond donors (Lipinski definition) is 3. The topological polar surface area (TPSA) is 120 Å². The number of halogens is 6. The molecule has 3 N–H and O–H groups in total. The summed E-state index contributed by atoms with van der Waals surface area (Å²) in [6.45, 7) is 1.37. The molecule has 2 amide bonds. The van der Waals surface area contributed by atoms with E-state index < -0.39 is 64.0 Å². The first-order valence-corrected chi connectivity index (χ1v) is 13.3. The van der Waals surface area contributed by atoms with Crippen molar-refractivity contribution in [2.24, 2.45) is 5.16 Å². The zero-order valence-corrected chi connectivity index (χ0v) is 23.1. The van der Waals surface area contributed by atoms with Gasteiger partial charge in [-0.3, -0.25) is 9.59 Å². The average Bonchev–Trinajstić information content (AvgIpc) is 3.70. The Morgan fingerprint density at radius 3 is 2.40 bits per heavy atom. The van der Waals surface area contributed by atoms with Gasteiger partial charge in [0.25, 0.3) is 11.8 Å². The minimum atomic E-state index is -5.06. The summed E-state index contributed by atoms with van der Waals surface area (Å²) in [4.78, 5) is 32.5. The zero-order chi connectivity index (χ0) is 32.1. The summed E-state index contributed by atoms with van der Waals surface area (Å²) in [6.07, 6.45) is -7.93. The highest BCUT2D eigenvalue weighted by Crippen LogP contribution is 2.44. The van der Waals surface area contributed by atoms with E-state index in [4.69, 9.17) is 9.57 Å². The van der Waals surface area contributed by atoms with Gasteiger partial charge >= 0.3 is 12.5 Å². The molecule has 0 aromatic heterocycles. The van der Waals surface area contributed by atoms with Crippen LogP contribution in [0.15, 0.2) is 53.7 Å². The van der Waals surface area contributed by atoms with Crippen molar-refractivity contribution in [3.8, 4) is 17.2 Å². The van der Waals surface area contributed by atoms with Gasteiger partial charge in [0.05, 0.1) is 35.2 Å². The highest BCUT2D eigenvalue weighted by Gasteiger charge is 2.45. The molecule has 3 aromatic carbocycles. The fourth-order valence-electron chi connectivity index (χ4n) is 5.19. The van der Waals surface area contributed by atoms with Gasteiger partial charge in [-0.1, -0.05) is 5.16 Å². The molecule has 6 rings (SSSR count). The Bertz CT molecular complexity index is 1740. The number of carbonyl (C=O) groups excluding carboxylic acids is 2. The van der Waals surface area contributed by atoms with E-state index in [9.17, 15) is 35.9 Å². The second-order valence-electron chi connectivity index (χ2n) is 10.4. The molecular formula is C29H22F6N4O6. The van der Waals surface area contributed by atoms with E-state index in [2.05, 4.69) is 30.6 Å². The van der Waals surface area contributed by atoms with Crippen molar-refractivity contribution in [2.45, 2.75) is 30.9 Å². The lowest BCUT2D eigenvalue weighted by Crippen LogP contribution is -2.31. The molecule has 0 saturated carbocycles. The van der Waals surface area contributed by atoms with Gasteiger partial charge in [-0.2, -0.15) is 13.2 Å². The van der Waals surface area contributed by atoms with Gasteiger partial charge in [-0.05, 0) is 49.0 Å². The maximum Gasteiger partial charge on any atom is 0.586 e. The SMILES string of the molecule is COc1ccc(C2=NOC3(CCNC3)C2)cc1C(=O)Nc1cc2c(cc1C(=O)Nc1ccc(F)c(C(F)(F)F)c1)OC(F)(F)O2. The molecule has 3 aromatic rings. The van der Waals surface area contributed by atoms with Crippen LogP contribution in [-0.4, -0.2) is 49.6 Å². The van der Waals surface area contributed by atoms with Crippen molar-refractivity contribution < 1.29 is 55.0 Å². The van der Waals surface area contributed by atoms with Crippen molar-refractivity contribution >= 4 is 28.9 Å². The van der Waals surface area contributed by atoms with Gasteiger partial charge in [0, 0.05) is 36.7 Å². The first-order valence-electron chi connectivity index (χ1n) is 13.3. The minimum absolute atomic E-state index is 0.0223. The van der Waals surface area contributed by atoms with Crippen LogP contribution in [0.25, 0.3) is 0 Å². The van der Waals surface area contributed by atoms with Crippen LogP contribution >= 0.6 is 0 Å². The third kappa shape index (κ3) is 5.92. The van der Waals surface area contributed by atoms with Gasteiger partial charge in [-0.15, -0.1) is 8.78 Å². The number of nitrogens with zero attached hydrogens (tertiary/aromatic N) is 1. The predicted octanol–water partition coefficient (Wildman–Crippen LogP) is 5.54. The highest BCUT2D eigenvalue weighted by molar-refractivity contribution is 6.14. The van der Waals surface area contributed by atoms with Crippen LogP contribution in [0.5, 0.6) is 17.2 Å². The molecule has 1 fully saturated rings. The van der Waals surface area contributed by atoms with Gasteiger partial charge in [0.15, 0.2) is 17.1 Å². The molecule has 3 aliphatic rings. The Hall–Kier alpha value is -4.99. The molecule has 1 saturated heterocycles. The standard InChI is InChI=1S/C29H22F6N4O6/c1-42-22-5-2-14(21-12-27(45-39-21)6-7-36-13-27)8-17(22)26(41)38-20-11-24-23(43-29(34,35)44-24)10-16(20)25(40)37-15-3-4-19(30)18(9-15)28(31,32)33/h2-5,8-11,36H,6-7,12-13H2,1H3,(H,37,40)(H,38,41). The number of nitrogens with one attached hydrogen (secondary N) is 3. The zero-order valence-electron chi connectivity index (χ0n) is 23.1. The molecule has 0 aliphatic carbocycles. The summed E-state index contributed by atoms with van der Waals surface area (Å²) >= 11 is 0. The number of rotatable bonds is 6. The molecule has 1 unspecified atom stereocenters. The van der Waals surface area contributed by atoms with E-state index in [-0.39, 0.29) is 17.0 Å². The number of benzene rings is 3. The monoisotopic (exact) mass is 636 g/mol. The fraction of sp³-hybridized carbons (Fsp3) is 0.276. The number of methoxy groups -OCH3 is 1. The van der Waals surface area contributed by atoms with Gasteiger partial charge in [-0.25, -0.2) is 4.39 Å². The molecule has 0 bridgehead atoms. The molecule has 236 valence electrons. The summed E-state index contributed by atoms with van der Waals surface area (Å²) in [5.41, 5.74) is -2.33. The minimum Gasteiger partial charge on any atom is -0.496 e. The van der Waals surface area contributed by atoms with Crippen LogP contribution in [0.3, 0.4) is 0 Å². The summed E-state index contributed by atoms with van der Waals surface area (Å²) in [6, 6.07) is 8.15. The fourth-order valence-corrected chi connectivity index (χ4v) is 5.19. The van der Waals surface area contributed by atoms with Gasteiger partial charge < -0.3 is 35.0 Å². The Kier molecular flexibility index (Phi) is 7.26. The number of fused-ring (bicyclic) bond motifs is 1. The lowest BCUT2D eigenvalue weighted by atomic mass is 9.92. The van der Waals surface area contributed by atoms with Crippen LogP contribution < -0.4 is 30.2 Å². The van der Waals surface area contributed by atoms with Crippen LogP contribution in [0.4, 0.5) is 37.7 Å². The number of anilines is 2. The van der Waals surface area contributed by atoms with Crippen LogP contribution in [0.1, 0.15) is 44.7 Å². The molecule has 3 heterocycles. The van der Waals surface area contributed by atoms with Crippen LogP contribution in [0.2, 0.25) is 0 Å². The van der Waals surface area contributed by atoms with E-state index in [1.807, 2.05) is 0 Å². The van der Waals surface area contributed by atoms with Crippen molar-refractivity contribution in [2.75, 3.05) is 30.8 Å². The van der Waals surface area contributed by atoms with Crippen LogP contribution in [-0.2, 0) is 11.0 Å². The number of oxime groups is 1. The second kappa shape index (κ2) is 10.9. The van der Waals surface area contributed by atoms with Crippen LogP contribution in [0, 0.1) is 5.82 Å². The Balaban J connectivity index is 1.31. The number of carbonyl (C=O) groups is 2. The first-order chi connectivity index (χ1) is 21.3. The van der Waals surface area contributed by atoms with Crippen molar-refractivity contribution in [1.82, 2.24) is 5.32 Å². The normalized spacial score (nSPS) is 19.7. The van der Waals surface area contributed by atoms with E-state index in [0.717, 1.165) is 31.2 Å². The van der Waals surface area contributed by atoms with Crippen molar-refractivity contribution in [3.05, 3.63) is 76.6 Å². The lowest BCUT2D eigenvalue weighted by Gasteiger charge is -2.18. The van der Waals surface area contributed by atoms with E-state index in [1.54, 1.807) is 6.07 Å². The molecule has 1 atom stereocenters. The lowest BCUT2D eigenvalue weighted by molar-refractivity contribution is -0.286. The van der Waals surface area contributed by atoms with E-state index >= 15 is 0 Å². The Morgan fingerprint density at radius 1 is 0.978 bits per heavy atom. The van der Waals surface area contributed by atoms with Crippen molar-refractivity contribution in [1.29, 1.82) is 0 Å². The molecule has 45 heavy (non-hydrogen) atoms. The van der Waals surface area contributed by atoms with Crippen molar-refractivity contribution in [3.63, 3.8) is 0 Å². The third-order valence-corrected chi connectivity index (χ3v) is 7.38. The number of alkyl halides is 5. The highest BCUT2D eigenvalue weighted by atomic mass is 19.4. The molecular weight excluding hydrogens is 614 g/mol. The maximum atomic E-state index is 13.9. The smallest absolute Gasteiger partial charge is 0.496 e. The molecule has 3 aliphatic heterocycles. The van der Waals surface area contributed by atoms with Gasteiger partial charge in [0.1, 0.15) is 11.6 Å². The molecule has 16 heteroatoms. The number of amides is 2. The molecule has 0 radical (unpaired) electrons. The van der Waals surface area contributed by atoms with E-state index in [0.29, 0.717) is 36.4 Å². The first kappa shape index (κ1) is 30.1. The van der Waals surface area contributed by atoms with E-state index in [1.165, 1.54) is 19.2 Å². The predicted molar refractivity (Wildman–Crippen MR) is 145 cm³/mol. The summed E-state index contributed by atoms with van der Waals surface area (Å²) < 4.78 is 95.3. The maximum absolute atomic E-state index is 13.9. The number of hydrogen-bond acceptors (Lipinski definition) is 8. The third-order valence-electron chi connectivity index (χ3n) is 7.38. The summed E-state index contributed by atoms with van der Waals surface area (Å²) in [5.74, 6) is -4.53. The summed E-state index contributed by atoms with van der Waals surface area (Å²) in [7, 11) is 1.32. The molecule has 10 nitrogen and oxygen atoms in total. The largest absolute Gasteiger partial charge is 0.586 e. The Labute approximate surface area is 250 Å². The second-order valence-corrected chi connectivity index (χ2v) is 10.4. The molecule has 1 spiro atoms. The Morgan fingerprint density at radius 2 is 1.71 bits per heavy atom. The van der Waals surface area contributed by atoms with Gasteiger partial charge in [0.2, 0.25) is 0 Å². The number of ether oxygens (including phenoxy) is 3.